The number of rotatable bonds is 33. The largest absolute Gasteiger partial charge is 0.324 e. The molecule has 3 heteroatoms. The van der Waals surface area contributed by atoms with Crippen molar-refractivity contribution in [1.82, 2.24) is 5.32 Å². The maximum absolute atomic E-state index is 11.1. The van der Waals surface area contributed by atoms with Crippen molar-refractivity contribution >= 4 is 5.78 Å². The molecule has 0 atom stereocenters. The van der Waals surface area contributed by atoms with Gasteiger partial charge in [-0.05, 0) is 32.4 Å². The number of hydrogen-bond donors (Lipinski definition) is 2. The third-order valence-corrected chi connectivity index (χ3v) is 7.99. The lowest BCUT2D eigenvalue weighted by atomic mass is 10.0. The van der Waals surface area contributed by atoms with E-state index in [0.29, 0.717) is 6.42 Å². The molecule has 0 aromatic rings. The van der Waals surface area contributed by atoms with Gasteiger partial charge in [-0.3, -0.25) is 4.79 Å². The van der Waals surface area contributed by atoms with Crippen molar-refractivity contribution in [3.8, 4) is 0 Å². The van der Waals surface area contributed by atoms with E-state index < -0.39 is 0 Å². The van der Waals surface area contributed by atoms with Crippen LogP contribution in [-0.2, 0) is 4.79 Å². The molecule has 222 valence electrons. The zero-order valence-corrected chi connectivity index (χ0v) is 25.6. The first-order valence-corrected chi connectivity index (χ1v) is 17.2. The molecule has 3 nitrogen and oxygen atoms in total. The SMILES string of the molecule is CCCCCCCCCCCCCCCCNCCCCCCCCCCCCCCCCC(=O)CN. The van der Waals surface area contributed by atoms with Crippen LogP contribution in [0.5, 0.6) is 0 Å². The summed E-state index contributed by atoms with van der Waals surface area (Å²) >= 11 is 0. The fourth-order valence-electron chi connectivity index (χ4n) is 5.37. The first-order chi connectivity index (χ1) is 18.3. The molecule has 0 saturated heterocycles. The summed E-state index contributed by atoms with van der Waals surface area (Å²) < 4.78 is 0. The Kier molecular flexibility index (Phi) is 33.2. The summed E-state index contributed by atoms with van der Waals surface area (Å²) in [4.78, 5) is 11.1. The minimum Gasteiger partial charge on any atom is -0.324 e. The van der Waals surface area contributed by atoms with Crippen molar-refractivity contribution in [3.63, 3.8) is 0 Å². The first-order valence-electron chi connectivity index (χ1n) is 17.2. The highest BCUT2D eigenvalue weighted by molar-refractivity contribution is 5.80. The van der Waals surface area contributed by atoms with E-state index in [9.17, 15) is 4.79 Å². The smallest absolute Gasteiger partial charge is 0.146 e. The third kappa shape index (κ3) is 33.6. The quantitative estimate of drug-likeness (QED) is 0.0843. The molecule has 0 unspecified atom stereocenters. The number of unbranched alkanes of at least 4 members (excludes halogenated alkanes) is 26. The molecule has 0 amide bonds. The fraction of sp³-hybridized carbons (Fsp3) is 0.971. The van der Waals surface area contributed by atoms with E-state index in [4.69, 9.17) is 5.73 Å². The van der Waals surface area contributed by atoms with Gasteiger partial charge in [-0.25, -0.2) is 0 Å². The van der Waals surface area contributed by atoms with Crippen molar-refractivity contribution in [2.75, 3.05) is 19.6 Å². The minimum absolute atomic E-state index is 0.215. The standard InChI is InChI=1S/C34H70N2O/c1-2-3-4-5-6-7-8-9-13-16-19-22-25-28-31-36-32-29-26-23-20-17-14-11-10-12-15-18-21-24-27-30-34(37)33-35/h36H,2-33,35H2,1H3. The van der Waals surface area contributed by atoms with Crippen LogP contribution in [0.4, 0.5) is 0 Å². The highest BCUT2D eigenvalue weighted by Gasteiger charge is 1.99. The normalized spacial score (nSPS) is 11.4. The Morgan fingerprint density at radius 1 is 0.432 bits per heavy atom. The van der Waals surface area contributed by atoms with Crippen LogP contribution in [-0.4, -0.2) is 25.4 Å². The van der Waals surface area contributed by atoms with Gasteiger partial charge in [0.1, 0.15) is 5.78 Å². The molecule has 0 rings (SSSR count). The Balaban J connectivity index is 3.03. The molecule has 0 aromatic carbocycles. The van der Waals surface area contributed by atoms with Crippen molar-refractivity contribution in [2.45, 2.75) is 193 Å². The Hall–Kier alpha value is -0.410. The Bertz CT molecular complexity index is 426. The van der Waals surface area contributed by atoms with Gasteiger partial charge in [-0.2, -0.15) is 0 Å². The lowest BCUT2D eigenvalue weighted by Crippen LogP contribution is -2.16. The van der Waals surface area contributed by atoms with Gasteiger partial charge < -0.3 is 11.1 Å². The van der Waals surface area contributed by atoms with Gasteiger partial charge in [0, 0.05) is 6.42 Å². The van der Waals surface area contributed by atoms with Gasteiger partial charge in [0.05, 0.1) is 6.54 Å². The average molecular weight is 523 g/mol. The van der Waals surface area contributed by atoms with E-state index in [0.717, 1.165) is 6.42 Å². The molecule has 0 bridgehead atoms. The van der Waals surface area contributed by atoms with E-state index in [2.05, 4.69) is 12.2 Å². The van der Waals surface area contributed by atoms with Crippen LogP contribution in [0.15, 0.2) is 0 Å². The lowest BCUT2D eigenvalue weighted by Gasteiger charge is -2.06. The van der Waals surface area contributed by atoms with Gasteiger partial charge in [-0.15, -0.1) is 0 Å². The number of Topliss-reactive ketones (excluding diaryl/α,β-unsaturated/α-hetero) is 1. The van der Waals surface area contributed by atoms with Crippen molar-refractivity contribution in [1.29, 1.82) is 0 Å². The molecule has 0 heterocycles. The molecular weight excluding hydrogens is 452 g/mol. The number of nitrogens with one attached hydrogen (secondary N) is 1. The monoisotopic (exact) mass is 523 g/mol. The van der Waals surface area contributed by atoms with Crippen molar-refractivity contribution in [2.24, 2.45) is 5.73 Å². The number of nitrogens with two attached hydrogens (primary N) is 1. The average Bonchev–Trinajstić information content (AvgIpc) is 2.91. The zero-order chi connectivity index (χ0) is 26.9. The highest BCUT2D eigenvalue weighted by Crippen LogP contribution is 2.14. The summed E-state index contributed by atoms with van der Waals surface area (Å²) in [6, 6.07) is 0. The van der Waals surface area contributed by atoms with E-state index in [-0.39, 0.29) is 12.3 Å². The fourth-order valence-corrected chi connectivity index (χ4v) is 5.37. The summed E-state index contributed by atoms with van der Waals surface area (Å²) in [6.07, 6.45) is 39.8. The molecule has 3 N–H and O–H groups in total. The molecule has 0 aromatic heterocycles. The summed E-state index contributed by atoms with van der Waals surface area (Å²) in [5.41, 5.74) is 5.33. The second kappa shape index (κ2) is 33.6. The van der Waals surface area contributed by atoms with Gasteiger partial charge in [0.15, 0.2) is 0 Å². The summed E-state index contributed by atoms with van der Waals surface area (Å²) in [7, 11) is 0. The van der Waals surface area contributed by atoms with E-state index in [1.54, 1.807) is 0 Å². The third-order valence-electron chi connectivity index (χ3n) is 7.99. The van der Waals surface area contributed by atoms with Gasteiger partial charge in [0.25, 0.3) is 0 Å². The second-order valence-corrected chi connectivity index (χ2v) is 11.8. The molecule has 0 fully saturated rings. The van der Waals surface area contributed by atoms with Gasteiger partial charge in [0.2, 0.25) is 0 Å². The maximum Gasteiger partial charge on any atom is 0.146 e. The van der Waals surface area contributed by atoms with Gasteiger partial charge >= 0.3 is 0 Å². The van der Waals surface area contributed by atoms with Gasteiger partial charge in [-0.1, -0.05) is 167 Å². The molecule has 0 radical (unpaired) electrons. The van der Waals surface area contributed by atoms with Crippen LogP contribution in [0.3, 0.4) is 0 Å². The first kappa shape index (κ1) is 36.6. The molecular formula is C34H70N2O. The van der Waals surface area contributed by atoms with Crippen molar-refractivity contribution < 1.29 is 4.79 Å². The second-order valence-electron chi connectivity index (χ2n) is 11.8. The van der Waals surface area contributed by atoms with Crippen LogP contribution in [0.1, 0.15) is 193 Å². The van der Waals surface area contributed by atoms with E-state index in [1.165, 1.54) is 186 Å². The number of carbonyl (C=O) groups is 1. The number of hydrogen-bond acceptors (Lipinski definition) is 3. The number of carbonyl (C=O) groups excluding carboxylic acids is 1. The summed E-state index contributed by atoms with van der Waals surface area (Å²) in [6.45, 7) is 4.97. The zero-order valence-electron chi connectivity index (χ0n) is 25.6. The molecule has 0 aliphatic rings. The molecule has 0 aliphatic carbocycles. The topological polar surface area (TPSA) is 55.1 Å². The molecule has 0 saturated carbocycles. The Morgan fingerprint density at radius 2 is 0.703 bits per heavy atom. The Labute approximate surface area is 234 Å². The van der Waals surface area contributed by atoms with E-state index in [1.807, 2.05) is 0 Å². The predicted octanol–water partition coefficient (Wildman–Crippen LogP) is 10.4. The highest BCUT2D eigenvalue weighted by atomic mass is 16.1. The summed E-state index contributed by atoms with van der Waals surface area (Å²) in [5, 5.41) is 3.66. The molecule has 37 heavy (non-hydrogen) atoms. The number of ketones is 1. The van der Waals surface area contributed by atoms with Crippen molar-refractivity contribution in [3.05, 3.63) is 0 Å². The van der Waals surface area contributed by atoms with E-state index >= 15 is 0 Å². The van der Waals surface area contributed by atoms with Crippen LogP contribution < -0.4 is 11.1 Å². The van der Waals surface area contributed by atoms with Crippen LogP contribution in [0.2, 0.25) is 0 Å². The minimum atomic E-state index is 0.215. The molecule has 0 spiro atoms. The van der Waals surface area contributed by atoms with Crippen LogP contribution >= 0.6 is 0 Å². The Morgan fingerprint density at radius 3 is 1.00 bits per heavy atom. The molecule has 0 aliphatic heterocycles. The van der Waals surface area contributed by atoms with Crippen LogP contribution in [0, 0.1) is 0 Å². The predicted molar refractivity (Wildman–Crippen MR) is 166 cm³/mol. The summed E-state index contributed by atoms with van der Waals surface area (Å²) in [5.74, 6) is 0.215. The maximum atomic E-state index is 11.1. The van der Waals surface area contributed by atoms with Crippen LogP contribution in [0.25, 0.3) is 0 Å². The lowest BCUT2D eigenvalue weighted by molar-refractivity contribution is -0.117.